The van der Waals surface area contributed by atoms with E-state index in [1.165, 1.54) is 31.7 Å². The molecule has 0 aliphatic heterocycles. The topological polar surface area (TPSA) is 97.0 Å². The summed E-state index contributed by atoms with van der Waals surface area (Å²) in [6.07, 6.45) is 4.89. The van der Waals surface area contributed by atoms with Gasteiger partial charge in [0.05, 0.1) is 5.39 Å². The van der Waals surface area contributed by atoms with E-state index in [1.807, 2.05) is 26.2 Å². The molecule has 2 aromatic carbocycles. The lowest BCUT2D eigenvalue weighted by Crippen LogP contribution is -2.38. The van der Waals surface area contributed by atoms with Gasteiger partial charge in [0.2, 0.25) is 11.5 Å². The molecule has 0 aliphatic rings. The van der Waals surface area contributed by atoms with Gasteiger partial charge in [-0.1, -0.05) is 6.08 Å². The molecule has 0 spiro atoms. The molecule has 7 heteroatoms. The molecule has 162 valence electrons. The van der Waals surface area contributed by atoms with Crippen LogP contribution in [0.3, 0.4) is 0 Å². The molecule has 3 rings (SSSR count). The molecule has 1 aromatic heterocycles. The molecule has 0 atom stereocenters. The van der Waals surface area contributed by atoms with Gasteiger partial charge in [-0.2, -0.15) is 0 Å². The minimum absolute atomic E-state index is 0.110. The molecule has 6 nitrogen and oxygen atoms in total. The second-order valence-electron chi connectivity index (χ2n) is 7.74. The van der Waals surface area contributed by atoms with Gasteiger partial charge in [-0.25, -0.2) is 4.79 Å². The third kappa shape index (κ3) is 4.61. The second-order valence-corrected chi connectivity index (χ2v) is 8.62. The van der Waals surface area contributed by atoms with Crippen molar-refractivity contribution in [3.8, 4) is 11.5 Å². The number of aliphatic carboxylic acids is 1. The van der Waals surface area contributed by atoms with Gasteiger partial charge in [-0.15, -0.1) is 11.8 Å². The Hall–Kier alpha value is -3.19. The Morgan fingerprint density at radius 2 is 1.77 bits per heavy atom. The maximum absolute atomic E-state index is 12.6. The second kappa shape index (κ2) is 8.51. The van der Waals surface area contributed by atoms with Crippen molar-refractivity contribution >= 4 is 40.6 Å². The number of carbonyl (C=O) groups excluding carboxylic acids is 1. The first kappa shape index (κ1) is 22.5. The maximum atomic E-state index is 12.6. The summed E-state index contributed by atoms with van der Waals surface area (Å²) in [4.78, 5) is 24.9. The van der Waals surface area contributed by atoms with Gasteiger partial charge in [0.25, 0.3) is 0 Å². The monoisotopic (exact) mass is 440 g/mol. The van der Waals surface area contributed by atoms with Crippen molar-refractivity contribution < 1.29 is 29.0 Å². The van der Waals surface area contributed by atoms with Crippen LogP contribution in [0, 0.1) is 13.8 Å². The van der Waals surface area contributed by atoms with Crippen molar-refractivity contribution in [3.63, 3.8) is 0 Å². The van der Waals surface area contributed by atoms with Crippen molar-refractivity contribution in [1.82, 2.24) is 0 Å². The predicted molar refractivity (Wildman–Crippen MR) is 121 cm³/mol. The van der Waals surface area contributed by atoms with Crippen LogP contribution in [-0.4, -0.2) is 33.8 Å². The SMILES string of the molecule is CSc1ccc2c(O)c(C(=O)/C=C/c3cc(C)c(OC(C)(C)C(=O)O)c(C)c3)oc2c1. The summed E-state index contributed by atoms with van der Waals surface area (Å²) in [5.41, 5.74) is 1.33. The highest BCUT2D eigenvalue weighted by Crippen LogP contribution is 2.35. The Morgan fingerprint density at radius 3 is 2.35 bits per heavy atom. The highest BCUT2D eigenvalue weighted by atomic mass is 32.2. The summed E-state index contributed by atoms with van der Waals surface area (Å²) in [5.74, 6) is -1.31. The van der Waals surface area contributed by atoms with Crippen molar-refractivity contribution in [2.45, 2.75) is 38.2 Å². The van der Waals surface area contributed by atoms with Gasteiger partial charge in [0.15, 0.2) is 11.4 Å². The van der Waals surface area contributed by atoms with E-state index in [0.717, 1.165) is 21.6 Å². The number of fused-ring (bicyclic) bond motifs is 1. The summed E-state index contributed by atoms with van der Waals surface area (Å²) in [6, 6.07) is 8.96. The molecule has 0 bridgehead atoms. The third-order valence-corrected chi connectivity index (χ3v) is 5.60. The fourth-order valence-corrected chi connectivity index (χ4v) is 3.57. The quantitative estimate of drug-likeness (QED) is 0.280. The summed E-state index contributed by atoms with van der Waals surface area (Å²) < 4.78 is 11.3. The van der Waals surface area contributed by atoms with Gasteiger partial charge in [-0.3, -0.25) is 4.79 Å². The zero-order chi connectivity index (χ0) is 22.9. The number of aryl methyl sites for hydroxylation is 2. The molecule has 3 aromatic rings. The molecule has 0 aliphatic carbocycles. The molecule has 0 radical (unpaired) electrons. The minimum Gasteiger partial charge on any atom is -0.504 e. The highest BCUT2D eigenvalue weighted by molar-refractivity contribution is 7.98. The summed E-state index contributed by atoms with van der Waals surface area (Å²) in [6.45, 7) is 6.60. The normalized spacial score (nSPS) is 11.9. The fourth-order valence-electron chi connectivity index (χ4n) is 3.14. The van der Waals surface area contributed by atoms with Crippen molar-refractivity contribution in [3.05, 3.63) is 58.9 Å². The lowest BCUT2D eigenvalue weighted by atomic mass is 10.0. The Morgan fingerprint density at radius 1 is 1.13 bits per heavy atom. The van der Waals surface area contributed by atoms with E-state index in [0.29, 0.717) is 16.7 Å². The van der Waals surface area contributed by atoms with Gasteiger partial charge < -0.3 is 19.4 Å². The lowest BCUT2D eigenvalue weighted by Gasteiger charge is -2.24. The molecule has 31 heavy (non-hydrogen) atoms. The van der Waals surface area contributed by atoms with Crippen LogP contribution in [0.2, 0.25) is 0 Å². The van der Waals surface area contributed by atoms with Crippen LogP contribution in [0.5, 0.6) is 11.5 Å². The van der Waals surface area contributed by atoms with Gasteiger partial charge >= 0.3 is 5.97 Å². The zero-order valence-corrected chi connectivity index (χ0v) is 18.8. The van der Waals surface area contributed by atoms with Gasteiger partial charge in [0, 0.05) is 4.90 Å². The first-order valence-corrected chi connectivity index (χ1v) is 10.8. The molecular formula is C24H24O6S. The Kier molecular flexibility index (Phi) is 6.18. The van der Waals surface area contributed by atoms with Crippen LogP contribution >= 0.6 is 11.8 Å². The first-order chi connectivity index (χ1) is 14.5. The molecule has 0 amide bonds. The number of ketones is 1. The smallest absolute Gasteiger partial charge is 0.347 e. The third-order valence-electron chi connectivity index (χ3n) is 4.88. The van der Waals surface area contributed by atoms with Crippen LogP contribution in [0.15, 0.2) is 45.7 Å². The first-order valence-electron chi connectivity index (χ1n) is 9.59. The van der Waals surface area contributed by atoms with Crippen molar-refractivity contribution in [1.29, 1.82) is 0 Å². The molecule has 0 saturated carbocycles. The number of hydrogen-bond acceptors (Lipinski definition) is 6. The van der Waals surface area contributed by atoms with Crippen LogP contribution in [0.1, 0.15) is 41.1 Å². The molecule has 0 fully saturated rings. The van der Waals surface area contributed by atoms with E-state index in [-0.39, 0.29) is 11.5 Å². The highest BCUT2D eigenvalue weighted by Gasteiger charge is 2.30. The van der Waals surface area contributed by atoms with Crippen LogP contribution < -0.4 is 4.74 Å². The number of carboxylic acid groups (broad SMARTS) is 1. The molecule has 0 unspecified atom stereocenters. The van der Waals surface area contributed by atoms with E-state index in [1.54, 1.807) is 30.3 Å². The number of allylic oxidation sites excluding steroid dienone is 1. The Labute approximate surface area is 184 Å². The van der Waals surface area contributed by atoms with Crippen LogP contribution in [0.25, 0.3) is 17.0 Å². The molecule has 1 heterocycles. The molecular weight excluding hydrogens is 416 g/mol. The maximum Gasteiger partial charge on any atom is 0.347 e. The minimum atomic E-state index is -1.36. The largest absolute Gasteiger partial charge is 0.504 e. The number of carbonyl (C=O) groups is 2. The van der Waals surface area contributed by atoms with Crippen molar-refractivity contribution in [2.24, 2.45) is 0 Å². The Bertz CT molecular complexity index is 1180. The standard InChI is InChI=1S/C24H24O6S/c1-13-10-15(11-14(2)21(13)30-24(3,4)23(27)28)6-9-18(25)22-20(26)17-8-7-16(31-5)12-19(17)29-22/h6-12,26H,1-5H3,(H,27,28)/b9-6+. The van der Waals surface area contributed by atoms with E-state index < -0.39 is 17.4 Å². The van der Waals surface area contributed by atoms with E-state index in [4.69, 9.17) is 9.15 Å². The zero-order valence-electron chi connectivity index (χ0n) is 18.0. The number of furan rings is 1. The number of aromatic hydroxyl groups is 1. The number of benzene rings is 2. The number of ether oxygens (including phenoxy) is 1. The van der Waals surface area contributed by atoms with Crippen LogP contribution in [-0.2, 0) is 4.79 Å². The summed E-state index contributed by atoms with van der Waals surface area (Å²) in [7, 11) is 0. The molecule has 0 saturated heterocycles. The van der Waals surface area contributed by atoms with E-state index in [2.05, 4.69) is 0 Å². The average Bonchev–Trinajstić information content (AvgIpc) is 3.04. The average molecular weight is 441 g/mol. The Balaban J connectivity index is 1.86. The summed E-state index contributed by atoms with van der Waals surface area (Å²) in [5, 5.41) is 20.2. The van der Waals surface area contributed by atoms with Crippen molar-refractivity contribution in [2.75, 3.05) is 6.26 Å². The summed E-state index contributed by atoms with van der Waals surface area (Å²) >= 11 is 1.54. The van der Waals surface area contributed by atoms with E-state index in [9.17, 15) is 19.8 Å². The van der Waals surface area contributed by atoms with Crippen LogP contribution in [0.4, 0.5) is 0 Å². The van der Waals surface area contributed by atoms with Gasteiger partial charge in [-0.05, 0) is 87.0 Å². The number of rotatable bonds is 7. The lowest BCUT2D eigenvalue weighted by molar-refractivity contribution is -0.152. The molecule has 2 N–H and O–H groups in total. The number of thioether (sulfide) groups is 1. The van der Waals surface area contributed by atoms with E-state index >= 15 is 0 Å². The predicted octanol–water partition coefficient (Wildman–Crippen LogP) is 5.62. The fraction of sp³-hybridized carbons (Fsp3) is 0.250. The van der Waals surface area contributed by atoms with Gasteiger partial charge in [0.1, 0.15) is 11.3 Å². The number of carboxylic acids is 1. The number of hydrogen-bond donors (Lipinski definition) is 2.